The second-order valence-corrected chi connectivity index (χ2v) is 5.86. The molecule has 0 unspecified atom stereocenters. The van der Waals surface area contributed by atoms with E-state index >= 15 is 0 Å². The van der Waals surface area contributed by atoms with Gasteiger partial charge in [0, 0.05) is 17.1 Å². The maximum absolute atomic E-state index is 4.47. The van der Waals surface area contributed by atoms with Crippen molar-refractivity contribution in [3.05, 3.63) is 52.9 Å². The van der Waals surface area contributed by atoms with Gasteiger partial charge in [-0.25, -0.2) is 4.98 Å². The largest absolute Gasteiger partial charge is 0.295 e. The standard InChI is InChI=1S/C14H9N3S2/c1-2-13(19-4-1)12-6-16-14-7-15-11(8-17(12)14)10-3-5-18-9-10/h1-9H. The Labute approximate surface area is 117 Å². The van der Waals surface area contributed by atoms with Gasteiger partial charge >= 0.3 is 0 Å². The number of hydrogen-bond acceptors (Lipinski definition) is 4. The zero-order chi connectivity index (χ0) is 12.7. The summed E-state index contributed by atoms with van der Waals surface area (Å²) in [7, 11) is 0. The molecule has 0 radical (unpaired) electrons. The average molecular weight is 283 g/mol. The molecule has 0 atom stereocenters. The van der Waals surface area contributed by atoms with Crippen LogP contribution in [-0.4, -0.2) is 14.4 Å². The van der Waals surface area contributed by atoms with Crippen molar-refractivity contribution in [1.82, 2.24) is 14.4 Å². The second kappa shape index (κ2) is 4.29. The van der Waals surface area contributed by atoms with Crippen LogP contribution in [0.2, 0.25) is 0 Å². The van der Waals surface area contributed by atoms with Gasteiger partial charge in [0.25, 0.3) is 0 Å². The Balaban J connectivity index is 1.95. The summed E-state index contributed by atoms with van der Waals surface area (Å²) in [4.78, 5) is 10.1. The number of thiophene rings is 2. The number of hydrogen-bond donors (Lipinski definition) is 0. The van der Waals surface area contributed by atoms with Crippen molar-refractivity contribution in [3.8, 4) is 21.8 Å². The first kappa shape index (κ1) is 10.9. The number of rotatable bonds is 2. The van der Waals surface area contributed by atoms with Crippen LogP contribution in [0.5, 0.6) is 0 Å². The van der Waals surface area contributed by atoms with Crippen molar-refractivity contribution in [2.24, 2.45) is 0 Å². The third-order valence-corrected chi connectivity index (χ3v) is 4.56. The fourth-order valence-corrected chi connectivity index (χ4v) is 3.44. The van der Waals surface area contributed by atoms with Gasteiger partial charge in [0.05, 0.1) is 28.7 Å². The summed E-state index contributed by atoms with van der Waals surface area (Å²) in [6.07, 6.45) is 5.78. The van der Waals surface area contributed by atoms with Crippen LogP contribution in [0.4, 0.5) is 0 Å². The van der Waals surface area contributed by atoms with E-state index in [4.69, 9.17) is 0 Å². The first-order valence-corrected chi connectivity index (χ1v) is 7.63. The van der Waals surface area contributed by atoms with E-state index < -0.39 is 0 Å². The van der Waals surface area contributed by atoms with Crippen LogP contribution in [0.1, 0.15) is 0 Å². The first-order chi connectivity index (χ1) is 9.42. The SMILES string of the molecule is c1csc(-c2cnc3cnc(-c4ccsc4)cn23)c1. The second-order valence-electron chi connectivity index (χ2n) is 4.13. The van der Waals surface area contributed by atoms with Gasteiger partial charge < -0.3 is 0 Å². The molecule has 0 saturated carbocycles. The predicted molar refractivity (Wildman–Crippen MR) is 79.6 cm³/mol. The Hall–Kier alpha value is -1.98. The molecule has 0 fully saturated rings. The van der Waals surface area contributed by atoms with Crippen LogP contribution >= 0.6 is 22.7 Å². The molecule has 3 nitrogen and oxygen atoms in total. The lowest BCUT2D eigenvalue weighted by molar-refractivity contribution is 1.14. The van der Waals surface area contributed by atoms with Crippen LogP contribution in [0, 0.1) is 0 Å². The van der Waals surface area contributed by atoms with Crippen molar-refractivity contribution in [3.63, 3.8) is 0 Å². The summed E-state index contributed by atoms with van der Waals surface area (Å²) in [6.45, 7) is 0. The molecule has 0 N–H and O–H groups in total. The normalized spacial score (nSPS) is 11.2. The number of nitrogens with zero attached hydrogens (tertiary/aromatic N) is 3. The van der Waals surface area contributed by atoms with Crippen LogP contribution in [0.3, 0.4) is 0 Å². The Kier molecular flexibility index (Phi) is 2.46. The summed E-state index contributed by atoms with van der Waals surface area (Å²) in [6, 6.07) is 6.25. The summed E-state index contributed by atoms with van der Waals surface area (Å²) < 4.78 is 2.10. The van der Waals surface area contributed by atoms with Gasteiger partial charge in [-0.3, -0.25) is 9.38 Å². The molecule has 4 aromatic heterocycles. The predicted octanol–water partition coefficient (Wildman–Crippen LogP) is 4.19. The third kappa shape index (κ3) is 1.78. The van der Waals surface area contributed by atoms with E-state index in [0.29, 0.717) is 0 Å². The van der Waals surface area contributed by atoms with Gasteiger partial charge in [0.1, 0.15) is 0 Å². The van der Waals surface area contributed by atoms with E-state index in [1.165, 1.54) is 4.88 Å². The van der Waals surface area contributed by atoms with E-state index in [-0.39, 0.29) is 0 Å². The molecule has 4 aromatic rings. The summed E-state index contributed by atoms with van der Waals surface area (Å²) in [5.74, 6) is 0. The number of fused-ring (bicyclic) bond motifs is 1. The van der Waals surface area contributed by atoms with Gasteiger partial charge in [-0.1, -0.05) is 6.07 Å². The van der Waals surface area contributed by atoms with Crippen LogP contribution in [-0.2, 0) is 0 Å². The van der Waals surface area contributed by atoms with Crippen molar-refractivity contribution in [1.29, 1.82) is 0 Å². The van der Waals surface area contributed by atoms with E-state index in [1.54, 1.807) is 22.7 Å². The molecular weight excluding hydrogens is 274 g/mol. The molecule has 5 heteroatoms. The Morgan fingerprint density at radius 1 is 1.05 bits per heavy atom. The third-order valence-electron chi connectivity index (χ3n) is 2.99. The minimum atomic E-state index is 0.877. The molecule has 92 valence electrons. The van der Waals surface area contributed by atoms with E-state index in [0.717, 1.165) is 22.6 Å². The summed E-state index contributed by atoms with van der Waals surface area (Å²) >= 11 is 3.40. The number of imidazole rings is 1. The van der Waals surface area contributed by atoms with Crippen LogP contribution < -0.4 is 0 Å². The molecule has 0 aliphatic carbocycles. The fraction of sp³-hybridized carbons (Fsp3) is 0. The van der Waals surface area contributed by atoms with Gasteiger partial charge in [-0.2, -0.15) is 11.3 Å². The topological polar surface area (TPSA) is 30.2 Å². The lowest BCUT2D eigenvalue weighted by Crippen LogP contribution is -1.91. The molecule has 0 spiro atoms. The average Bonchev–Trinajstić information content (AvgIpc) is 3.18. The summed E-state index contributed by atoms with van der Waals surface area (Å²) in [5, 5.41) is 6.25. The molecule has 0 saturated heterocycles. The van der Waals surface area contributed by atoms with Gasteiger partial charge in [-0.15, -0.1) is 11.3 Å². The van der Waals surface area contributed by atoms with Gasteiger partial charge in [-0.05, 0) is 22.9 Å². The zero-order valence-corrected chi connectivity index (χ0v) is 11.5. The molecule has 0 amide bonds. The quantitative estimate of drug-likeness (QED) is 0.552. The highest BCUT2D eigenvalue weighted by molar-refractivity contribution is 7.13. The number of aromatic nitrogens is 3. The molecule has 0 aromatic carbocycles. The highest BCUT2D eigenvalue weighted by Gasteiger charge is 2.09. The highest BCUT2D eigenvalue weighted by atomic mass is 32.1. The molecule has 19 heavy (non-hydrogen) atoms. The van der Waals surface area contributed by atoms with Gasteiger partial charge in [0.2, 0.25) is 0 Å². The van der Waals surface area contributed by atoms with E-state index in [9.17, 15) is 0 Å². The smallest absolute Gasteiger partial charge is 0.155 e. The van der Waals surface area contributed by atoms with E-state index in [2.05, 4.69) is 54.9 Å². The molecule has 4 heterocycles. The van der Waals surface area contributed by atoms with Crippen molar-refractivity contribution in [2.45, 2.75) is 0 Å². The van der Waals surface area contributed by atoms with Crippen molar-refractivity contribution in [2.75, 3.05) is 0 Å². The molecule has 0 aliphatic heterocycles. The van der Waals surface area contributed by atoms with Crippen molar-refractivity contribution >= 4 is 28.3 Å². The lowest BCUT2D eigenvalue weighted by Gasteiger charge is -2.02. The molecule has 0 bridgehead atoms. The Morgan fingerprint density at radius 3 is 2.84 bits per heavy atom. The first-order valence-electron chi connectivity index (χ1n) is 5.81. The Morgan fingerprint density at radius 2 is 2.05 bits per heavy atom. The van der Waals surface area contributed by atoms with Crippen molar-refractivity contribution < 1.29 is 0 Å². The highest BCUT2D eigenvalue weighted by Crippen LogP contribution is 2.27. The van der Waals surface area contributed by atoms with Crippen LogP contribution in [0.15, 0.2) is 52.9 Å². The van der Waals surface area contributed by atoms with E-state index in [1.807, 2.05) is 12.4 Å². The lowest BCUT2D eigenvalue weighted by atomic mass is 10.2. The molecule has 0 aliphatic rings. The minimum Gasteiger partial charge on any atom is -0.295 e. The maximum Gasteiger partial charge on any atom is 0.155 e. The van der Waals surface area contributed by atoms with Gasteiger partial charge in [0.15, 0.2) is 5.65 Å². The minimum absolute atomic E-state index is 0.877. The molecule has 4 rings (SSSR count). The summed E-state index contributed by atoms with van der Waals surface area (Å²) in [5.41, 5.74) is 4.12. The monoisotopic (exact) mass is 283 g/mol. The zero-order valence-electron chi connectivity index (χ0n) is 9.85. The fourth-order valence-electron chi connectivity index (χ4n) is 2.06. The maximum atomic E-state index is 4.47. The molecular formula is C14H9N3S2. The van der Waals surface area contributed by atoms with Crippen LogP contribution in [0.25, 0.3) is 27.5 Å². The Bertz CT molecular complexity index is 814.